The maximum atomic E-state index is 12.8. The summed E-state index contributed by atoms with van der Waals surface area (Å²) in [5.74, 6) is 1.42. The number of furan rings is 1. The van der Waals surface area contributed by atoms with Crippen LogP contribution in [0.1, 0.15) is 29.0 Å². The van der Waals surface area contributed by atoms with Gasteiger partial charge in [-0.15, -0.1) is 0 Å². The molecule has 0 saturated carbocycles. The molecule has 140 valence electrons. The lowest BCUT2D eigenvalue weighted by Gasteiger charge is -2.21. The van der Waals surface area contributed by atoms with Crippen LogP contribution in [0.5, 0.6) is 5.75 Å². The van der Waals surface area contributed by atoms with Crippen molar-refractivity contribution in [3.63, 3.8) is 0 Å². The van der Waals surface area contributed by atoms with Crippen LogP contribution in [0.15, 0.2) is 47.1 Å². The van der Waals surface area contributed by atoms with Crippen molar-refractivity contribution in [2.24, 2.45) is 0 Å². The molecule has 2 heterocycles. The number of hydrogen-bond donors (Lipinski definition) is 0. The molecule has 1 fully saturated rings. The first kappa shape index (κ1) is 18.5. The predicted molar refractivity (Wildman–Crippen MR) is 96.2 cm³/mol. The van der Waals surface area contributed by atoms with Gasteiger partial charge in [0.25, 0.3) is 5.91 Å². The summed E-state index contributed by atoms with van der Waals surface area (Å²) in [6.07, 6.45) is 3.91. The van der Waals surface area contributed by atoms with Crippen molar-refractivity contribution < 1.29 is 23.4 Å². The van der Waals surface area contributed by atoms with Gasteiger partial charge in [0.15, 0.2) is 0 Å². The molecule has 1 saturated heterocycles. The lowest BCUT2D eigenvalue weighted by molar-refractivity contribution is 0.0662. The van der Waals surface area contributed by atoms with Crippen LogP contribution in [0.3, 0.4) is 0 Å². The highest BCUT2D eigenvalue weighted by Gasteiger charge is 2.18. The van der Waals surface area contributed by atoms with E-state index in [4.69, 9.17) is 18.6 Å². The van der Waals surface area contributed by atoms with Crippen molar-refractivity contribution in [3.05, 3.63) is 54.0 Å². The van der Waals surface area contributed by atoms with Crippen molar-refractivity contribution in [3.8, 4) is 5.75 Å². The molecule has 1 aromatic heterocycles. The Morgan fingerprint density at radius 2 is 2.12 bits per heavy atom. The molecule has 0 spiro atoms. The lowest BCUT2D eigenvalue weighted by Crippen LogP contribution is -2.33. The van der Waals surface area contributed by atoms with Crippen LogP contribution in [-0.2, 0) is 16.0 Å². The van der Waals surface area contributed by atoms with E-state index in [0.717, 1.165) is 31.0 Å². The normalized spacial score (nSPS) is 16.6. The maximum Gasteiger partial charge on any atom is 0.254 e. The van der Waals surface area contributed by atoms with Gasteiger partial charge in [0.05, 0.1) is 25.5 Å². The van der Waals surface area contributed by atoms with Gasteiger partial charge in [-0.3, -0.25) is 4.79 Å². The van der Waals surface area contributed by atoms with E-state index < -0.39 is 0 Å². The molecule has 6 heteroatoms. The molecule has 1 amide bonds. The number of carbonyl (C=O) groups excluding carboxylic acids is 1. The zero-order chi connectivity index (χ0) is 18.2. The maximum absolute atomic E-state index is 12.8. The number of ether oxygens (including phenoxy) is 3. The van der Waals surface area contributed by atoms with Gasteiger partial charge in [-0.05, 0) is 49.2 Å². The number of carbonyl (C=O) groups is 1. The SMILES string of the molecule is COCCN(Cc1ccco1)C(=O)c1ccc(OCC2CCCO2)cc1. The Balaban J connectivity index is 1.60. The van der Waals surface area contributed by atoms with Gasteiger partial charge < -0.3 is 23.5 Å². The van der Waals surface area contributed by atoms with Gasteiger partial charge in [-0.1, -0.05) is 0 Å². The molecule has 2 aromatic rings. The Hall–Kier alpha value is -2.31. The molecule has 0 aliphatic carbocycles. The van der Waals surface area contributed by atoms with Gasteiger partial charge in [0.2, 0.25) is 0 Å². The van der Waals surface area contributed by atoms with Crippen LogP contribution < -0.4 is 4.74 Å². The van der Waals surface area contributed by atoms with Gasteiger partial charge in [-0.2, -0.15) is 0 Å². The van der Waals surface area contributed by atoms with E-state index >= 15 is 0 Å². The van der Waals surface area contributed by atoms with E-state index in [-0.39, 0.29) is 12.0 Å². The molecule has 6 nitrogen and oxygen atoms in total. The van der Waals surface area contributed by atoms with Crippen molar-refractivity contribution in [1.82, 2.24) is 4.90 Å². The van der Waals surface area contributed by atoms with Crippen molar-refractivity contribution in [2.75, 3.05) is 33.5 Å². The van der Waals surface area contributed by atoms with E-state index in [9.17, 15) is 4.79 Å². The molecule has 0 radical (unpaired) electrons. The van der Waals surface area contributed by atoms with Crippen molar-refractivity contribution in [2.45, 2.75) is 25.5 Å². The quantitative estimate of drug-likeness (QED) is 0.688. The average molecular weight is 359 g/mol. The summed E-state index contributed by atoms with van der Waals surface area (Å²) in [4.78, 5) is 14.5. The number of hydrogen-bond acceptors (Lipinski definition) is 5. The summed E-state index contributed by atoms with van der Waals surface area (Å²) in [6, 6.07) is 10.9. The van der Waals surface area contributed by atoms with Crippen molar-refractivity contribution in [1.29, 1.82) is 0 Å². The third-order valence-corrected chi connectivity index (χ3v) is 4.34. The van der Waals surface area contributed by atoms with Gasteiger partial charge >= 0.3 is 0 Å². The first-order valence-corrected chi connectivity index (χ1v) is 8.91. The minimum Gasteiger partial charge on any atom is -0.491 e. The second-order valence-corrected chi connectivity index (χ2v) is 6.27. The summed E-state index contributed by atoms with van der Waals surface area (Å²) in [5.41, 5.74) is 0.608. The number of methoxy groups -OCH3 is 1. The molecular formula is C20H25NO5. The molecule has 1 aliphatic rings. The van der Waals surface area contributed by atoms with Crippen LogP contribution in [-0.4, -0.2) is 50.4 Å². The first-order chi connectivity index (χ1) is 12.8. The third-order valence-electron chi connectivity index (χ3n) is 4.34. The molecule has 0 N–H and O–H groups in total. The monoisotopic (exact) mass is 359 g/mol. The predicted octanol–water partition coefficient (Wildman–Crippen LogP) is 3.13. The summed E-state index contributed by atoms with van der Waals surface area (Å²) in [5, 5.41) is 0. The number of nitrogens with zero attached hydrogens (tertiary/aromatic N) is 1. The Bertz CT molecular complexity index is 662. The molecule has 26 heavy (non-hydrogen) atoms. The Kier molecular flexibility index (Phi) is 6.68. The Morgan fingerprint density at radius 3 is 2.77 bits per heavy atom. The summed E-state index contributed by atoms with van der Waals surface area (Å²) in [7, 11) is 1.62. The molecule has 3 rings (SSSR count). The largest absolute Gasteiger partial charge is 0.491 e. The molecular weight excluding hydrogens is 334 g/mol. The van der Waals surface area contributed by atoms with Crippen LogP contribution >= 0.6 is 0 Å². The fourth-order valence-corrected chi connectivity index (χ4v) is 2.89. The average Bonchev–Trinajstić information content (AvgIpc) is 3.37. The van der Waals surface area contributed by atoms with Gasteiger partial charge in [0.1, 0.15) is 18.1 Å². The minimum atomic E-state index is -0.0656. The molecule has 1 unspecified atom stereocenters. The Labute approximate surface area is 153 Å². The van der Waals surface area contributed by atoms with Crippen LogP contribution in [0.25, 0.3) is 0 Å². The fourth-order valence-electron chi connectivity index (χ4n) is 2.89. The number of amides is 1. The molecule has 1 atom stereocenters. The Morgan fingerprint density at radius 1 is 1.27 bits per heavy atom. The van der Waals surface area contributed by atoms with Crippen LogP contribution in [0.2, 0.25) is 0 Å². The second kappa shape index (κ2) is 9.40. The zero-order valence-corrected chi connectivity index (χ0v) is 15.1. The van der Waals surface area contributed by atoms with E-state index in [0.29, 0.717) is 31.9 Å². The highest BCUT2D eigenvalue weighted by Crippen LogP contribution is 2.18. The van der Waals surface area contributed by atoms with Crippen LogP contribution in [0, 0.1) is 0 Å². The van der Waals surface area contributed by atoms with E-state index in [1.165, 1.54) is 0 Å². The summed E-state index contributed by atoms with van der Waals surface area (Å²) in [6.45, 7) is 2.73. The van der Waals surface area contributed by atoms with Gasteiger partial charge in [0, 0.05) is 25.8 Å². The highest BCUT2D eigenvalue weighted by atomic mass is 16.5. The number of rotatable bonds is 9. The molecule has 0 bridgehead atoms. The van der Waals surface area contributed by atoms with Crippen LogP contribution in [0.4, 0.5) is 0 Å². The minimum absolute atomic E-state index is 0.0656. The topological polar surface area (TPSA) is 61.1 Å². The smallest absolute Gasteiger partial charge is 0.254 e. The standard InChI is InChI=1S/C20H25NO5/c1-23-13-10-21(14-18-4-2-11-24-18)20(22)16-6-8-17(9-7-16)26-15-19-5-3-12-25-19/h2,4,6-9,11,19H,3,5,10,12-15H2,1H3. The number of benzene rings is 1. The third kappa shape index (κ3) is 5.09. The zero-order valence-electron chi connectivity index (χ0n) is 15.1. The van der Waals surface area contributed by atoms with Gasteiger partial charge in [-0.25, -0.2) is 0 Å². The summed E-state index contributed by atoms with van der Waals surface area (Å²) >= 11 is 0. The molecule has 1 aliphatic heterocycles. The molecule has 1 aromatic carbocycles. The van der Waals surface area contributed by atoms with E-state index in [1.807, 2.05) is 24.3 Å². The fraction of sp³-hybridized carbons (Fsp3) is 0.450. The van der Waals surface area contributed by atoms with E-state index in [1.54, 1.807) is 30.4 Å². The first-order valence-electron chi connectivity index (χ1n) is 8.91. The van der Waals surface area contributed by atoms with E-state index in [2.05, 4.69) is 0 Å². The van der Waals surface area contributed by atoms with Crippen molar-refractivity contribution >= 4 is 5.91 Å². The second-order valence-electron chi connectivity index (χ2n) is 6.27. The summed E-state index contributed by atoms with van der Waals surface area (Å²) < 4.78 is 21.8. The highest BCUT2D eigenvalue weighted by molar-refractivity contribution is 5.94. The lowest BCUT2D eigenvalue weighted by atomic mass is 10.2.